The number of aryl methyl sites for hydroxylation is 2. The number of aromatic nitrogens is 3. The van der Waals surface area contributed by atoms with Gasteiger partial charge in [-0.3, -0.25) is 9.58 Å². The van der Waals surface area contributed by atoms with Gasteiger partial charge in [-0.15, -0.1) is 0 Å². The lowest BCUT2D eigenvalue weighted by Gasteiger charge is -2.36. The molecular weight excluding hydrogens is 316 g/mol. The van der Waals surface area contributed by atoms with E-state index in [4.69, 9.17) is 4.74 Å². The molecule has 136 valence electrons. The molecule has 0 radical (unpaired) electrons. The Morgan fingerprint density at radius 2 is 2.08 bits per heavy atom. The van der Waals surface area contributed by atoms with Gasteiger partial charge in [-0.05, 0) is 44.4 Å². The first kappa shape index (κ1) is 17.9. The lowest BCUT2D eigenvalue weighted by molar-refractivity contribution is 0.0342. The number of benzene rings is 1. The van der Waals surface area contributed by atoms with Gasteiger partial charge in [-0.25, -0.2) is 4.98 Å². The van der Waals surface area contributed by atoms with Crippen LogP contribution in [0.2, 0.25) is 0 Å². The maximum absolute atomic E-state index is 10.5. The van der Waals surface area contributed by atoms with Gasteiger partial charge >= 0.3 is 0 Å². The summed E-state index contributed by atoms with van der Waals surface area (Å²) in [7, 11) is 0. The monoisotopic (exact) mass is 344 g/mol. The molecule has 1 aromatic carbocycles. The third-order valence-electron chi connectivity index (χ3n) is 4.89. The molecule has 1 N–H and O–H groups in total. The topological polar surface area (TPSA) is 63.4 Å². The van der Waals surface area contributed by atoms with Crippen molar-refractivity contribution in [1.29, 1.82) is 0 Å². The molecule has 2 atom stereocenters. The molecule has 6 nitrogen and oxygen atoms in total. The highest BCUT2D eigenvalue weighted by Crippen LogP contribution is 2.23. The first-order valence-electron chi connectivity index (χ1n) is 9.07. The number of rotatable bonds is 7. The molecule has 1 aliphatic heterocycles. The summed E-state index contributed by atoms with van der Waals surface area (Å²) in [4.78, 5) is 6.38. The second kappa shape index (κ2) is 8.45. The Labute approximate surface area is 149 Å². The van der Waals surface area contributed by atoms with Crippen LogP contribution in [0, 0.1) is 13.8 Å². The molecule has 1 fully saturated rings. The van der Waals surface area contributed by atoms with Crippen molar-refractivity contribution in [1.82, 2.24) is 19.7 Å². The minimum absolute atomic E-state index is 0.318. The van der Waals surface area contributed by atoms with E-state index in [1.165, 1.54) is 12.8 Å². The Bertz CT molecular complexity index is 639. The number of nitrogens with zero attached hydrogens (tertiary/aromatic N) is 4. The molecule has 25 heavy (non-hydrogen) atoms. The van der Waals surface area contributed by atoms with E-state index in [2.05, 4.69) is 15.0 Å². The molecule has 2 aromatic rings. The highest BCUT2D eigenvalue weighted by molar-refractivity contribution is 5.39. The second-order valence-electron chi connectivity index (χ2n) is 6.95. The Morgan fingerprint density at radius 1 is 1.28 bits per heavy atom. The number of aliphatic hydroxyl groups excluding tert-OH is 1. The van der Waals surface area contributed by atoms with Crippen molar-refractivity contribution >= 4 is 0 Å². The number of aliphatic hydroxyl groups is 1. The molecular formula is C19H28N4O2. The van der Waals surface area contributed by atoms with Crippen LogP contribution in [0.25, 0.3) is 0 Å². The van der Waals surface area contributed by atoms with Crippen molar-refractivity contribution in [2.75, 3.05) is 19.7 Å². The quantitative estimate of drug-likeness (QED) is 0.834. The molecule has 1 aromatic heterocycles. The van der Waals surface area contributed by atoms with E-state index in [-0.39, 0.29) is 0 Å². The van der Waals surface area contributed by atoms with Crippen LogP contribution in [0.1, 0.15) is 30.4 Å². The van der Waals surface area contributed by atoms with Crippen LogP contribution in [-0.2, 0) is 6.54 Å². The van der Waals surface area contributed by atoms with Crippen LogP contribution >= 0.6 is 0 Å². The first-order chi connectivity index (χ1) is 12.1. The molecule has 0 spiro atoms. The molecule has 0 amide bonds. The van der Waals surface area contributed by atoms with E-state index in [9.17, 15) is 5.11 Å². The van der Waals surface area contributed by atoms with Crippen molar-refractivity contribution in [2.24, 2.45) is 0 Å². The predicted molar refractivity (Wildman–Crippen MR) is 96.7 cm³/mol. The van der Waals surface area contributed by atoms with Crippen molar-refractivity contribution in [3.05, 3.63) is 42.0 Å². The van der Waals surface area contributed by atoms with Crippen LogP contribution in [0.5, 0.6) is 5.75 Å². The van der Waals surface area contributed by atoms with Gasteiger partial charge in [0.2, 0.25) is 0 Å². The normalized spacial score (nSPS) is 19.7. The number of ether oxygens (including phenoxy) is 1. The van der Waals surface area contributed by atoms with Crippen LogP contribution in [-0.4, -0.2) is 56.6 Å². The average molecular weight is 344 g/mol. The maximum Gasteiger partial charge on any atom is 0.137 e. The molecule has 1 saturated heterocycles. The van der Waals surface area contributed by atoms with Crippen LogP contribution in [0.15, 0.2) is 30.9 Å². The predicted octanol–water partition coefficient (Wildman–Crippen LogP) is 2.19. The second-order valence-corrected chi connectivity index (χ2v) is 6.95. The van der Waals surface area contributed by atoms with Crippen molar-refractivity contribution in [3.8, 4) is 5.75 Å². The molecule has 0 unspecified atom stereocenters. The lowest BCUT2D eigenvalue weighted by Crippen LogP contribution is -2.46. The summed E-state index contributed by atoms with van der Waals surface area (Å²) in [6.45, 7) is 6.85. The summed E-state index contributed by atoms with van der Waals surface area (Å²) in [6.07, 6.45) is 6.36. The van der Waals surface area contributed by atoms with Crippen molar-refractivity contribution < 1.29 is 9.84 Å². The number of likely N-dealkylation sites (tertiary alicyclic amines) is 1. The minimum atomic E-state index is -0.504. The van der Waals surface area contributed by atoms with Gasteiger partial charge < -0.3 is 9.84 Å². The molecule has 0 saturated carbocycles. The SMILES string of the molecule is Cc1cccc(C)c1OC[C@H](O)CN1CCCC[C@H]1Cn1cncn1. The van der Waals surface area contributed by atoms with Gasteiger partial charge in [0.25, 0.3) is 0 Å². The highest BCUT2D eigenvalue weighted by Gasteiger charge is 2.25. The molecule has 6 heteroatoms. The molecule has 0 bridgehead atoms. The molecule has 3 rings (SSSR count). The number of hydrogen-bond acceptors (Lipinski definition) is 5. The summed E-state index contributed by atoms with van der Waals surface area (Å²) in [6, 6.07) is 6.49. The first-order valence-corrected chi connectivity index (χ1v) is 9.07. The van der Waals surface area contributed by atoms with Gasteiger partial charge in [0.1, 0.15) is 31.1 Å². The Morgan fingerprint density at radius 3 is 2.80 bits per heavy atom. The molecule has 1 aliphatic rings. The third kappa shape index (κ3) is 4.80. The van der Waals surface area contributed by atoms with E-state index in [1.54, 1.807) is 12.7 Å². The fraction of sp³-hybridized carbons (Fsp3) is 0.579. The number of hydrogen-bond donors (Lipinski definition) is 1. The van der Waals surface area contributed by atoms with E-state index >= 15 is 0 Å². The van der Waals surface area contributed by atoms with Gasteiger partial charge in [0.15, 0.2) is 0 Å². The van der Waals surface area contributed by atoms with Gasteiger partial charge in [-0.2, -0.15) is 5.10 Å². The summed E-state index contributed by atoms with van der Waals surface area (Å²) in [5.41, 5.74) is 2.21. The van der Waals surface area contributed by atoms with Gasteiger partial charge in [0, 0.05) is 12.6 Å². The minimum Gasteiger partial charge on any atom is -0.490 e. The van der Waals surface area contributed by atoms with Crippen LogP contribution < -0.4 is 4.74 Å². The summed E-state index contributed by atoms with van der Waals surface area (Å²) >= 11 is 0. The fourth-order valence-corrected chi connectivity index (χ4v) is 3.58. The number of β-amino-alcohol motifs (C(OH)–C–C–N with tert-alkyl or cyclic N) is 1. The van der Waals surface area contributed by atoms with E-state index in [0.717, 1.165) is 36.4 Å². The summed E-state index contributed by atoms with van der Waals surface area (Å²) in [5.74, 6) is 0.888. The van der Waals surface area contributed by atoms with Gasteiger partial charge in [-0.1, -0.05) is 24.6 Å². The largest absolute Gasteiger partial charge is 0.490 e. The molecule has 0 aliphatic carbocycles. The Kier molecular flexibility index (Phi) is 6.04. The van der Waals surface area contributed by atoms with E-state index < -0.39 is 6.10 Å². The zero-order valence-corrected chi connectivity index (χ0v) is 15.1. The summed E-state index contributed by atoms with van der Waals surface area (Å²) in [5, 5.41) is 14.7. The van der Waals surface area contributed by atoms with Crippen molar-refractivity contribution in [2.45, 2.75) is 51.8 Å². The Hall–Kier alpha value is -1.92. The standard InChI is InChI=1S/C19H28N4O2/c1-15-6-5-7-16(2)19(15)25-12-18(24)11-22-9-4-3-8-17(22)10-23-14-20-13-21-23/h5-7,13-14,17-18,24H,3-4,8-12H2,1-2H3/t17-,18+/m0/s1. The van der Waals surface area contributed by atoms with Crippen LogP contribution in [0.4, 0.5) is 0 Å². The number of piperidine rings is 1. The third-order valence-corrected chi connectivity index (χ3v) is 4.89. The average Bonchev–Trinajstić information content (AvgIpc) is 3.09. The fourth-order valence-electron chi connectivity index (χ4n) is 3.58. The smallest absolute Gasteiger partial charge is 0.137 e. The van der Waals surface area contributed by atoms with E-state index in [1.807, 2.05) is 36.7 Å². The van der Waals surface area contributed by atoms with Crippen molar-refractivity contribution in [3.63, 3.8) is 0 Å². The van der Waals surface area contributed by atoms with Gasteiger partial charge in [0.05, 0.1) is 6.54 Å². The molecule has 2 heterocycles. The van der Waals surface area contributed by atoms with Crippen LogP contribution in [0.3, 0.4) is 0 Å². The Balaban J connectivity index is 1.54. The van der Waals surface area contributed by atoms with E-state index in [0.29, 0.717) is 19.2 Å². The zero-order valence-electron chi connectivity index (χ0n) is 15.1. The summed E-state index contributed by atoms with van der Waals surface area (Å²) < 4.78 is 7.79. The number of para-hydroxylation sites is 1. The maximum atomic E-state index is 10.5. The zero-order chi connectivity index (χ0) is 17.6. The highest BCUT2D eigenvalue weighted by atomic mass is 16.5. The lowest BCUT2D eigenvalue weighted by atomic mass is 10.0.